The summed E-state index contributed by atoms with van der Waals surface area (Å²) in [5.41, 5.74) is 2.03. The van der Waals surface area contributed by atoms with Crippen LogP contribution in [0.4, 0.5) is 13.2 Å². The second kappa shape index (κ2) is 8.54. The first-order valence-electron chi connectivity index (χ1n) is 10.7. The number of amides is 1. The van der Waals surface area contributed by atoms with Gasteiger partial charge in [-0.05, 0) is 38.5 Å². The first-order chi connectivity index (χ1) is 15.1. The van der Waals surface area contributed by atoms with Crippen molar-refractivity contribution in [3.05, 3.63) is 58.9 Å². The Balaban J connectivity index is 1.46. The summed E-state index contributed by atoms with van der Waals surface area (Å²) in [5.74, 6) is -0.0671. The summed E-state index contributed by atoms with van der Waals surface area (Å²) in [6, 6.07) is 7.34. The van der Waals surface area contributed by atoms with Crippen LogP contribution in [-0.2, 0) is 12.7 Å². The summed E-state index contributed by atoms with van der Waals surface area (Å²) in [6.07, 6.45) is -2.66. The van der Waals surface area contributed by atoms with Crippen LogP contribution in [-0.4, -0.2) is 56.7 Å². The lowest BCUT2D eigenvalue weighted by molar-refractivity contribution is -0.137. The highest BCUT2D eigenvalue weighted by Gasteiger charge is 2.31. The molecule has 0 spiro atoms. The van der Waals surface area contributed by atoms with E-state index in [0.717, 1.165) is 17.1 Å². The first kappa shape index (κ1) is 22.3. The standard InChI is InChI=1S/C23H26F3N5O/c1-15(2)31-21-20(13-27-31)19(11-16(3)28-21)22(32)30-9-7-29(8-10-30)14-17-5-4-6-18(12-17)23(24,25)26/h4-6,11-13,15H,7-10,14H2,1-3H3. The average Bonchev–Trinajstić information content (AvgIpc) is 3.17. The molecule has 0 radical (unpaired) electrons. The highest BCUT2D eigenvalue weighted by Crippen LogP contribution is 2.30. The Morgan fingerprint density at radius 1 is 1.12 bits per heavy atom. The molecule has 0 unspecified atom stereocenters. The molecule has 0 N–H and O–H groups in total. The van der Waals surface area contributed by atoms with Crippen LogP contribution in [0.1, 0.15) is 47.1 Å². The number of nitrogens with zero attached hydrogens (tertiary/aromatic N) is 5. The molecule has 32 heavy (non-hydrogen) atoms. The van der Waals surface area contributed by atoms with Gasteiger partial charge in [0, 0.05) is 44.5 Å². The zero-order chi connectivity index (χ0) is 23.0. The minimum Gasteiger partial charge on any atom is -0.336 e. The zero-order valence-corrected chi connectivity index (χ0v) is 18.4. The molecule has 9 heteroatoms. The number of benzene rings is 1. The van der Waals surface area contributed by atoms with Crippen LogP contribution in [0.5, 0.6) is 0 Å². The lowest BCUT2D eigenvalue weighted by Gasteiger charge is -2.35. The fourth-order valence-electron chi connectivity index (χ4n) is 4.08. The fourth-order valence-corrected chi connectivity index (χ4v) is 4.08. The highest BCUT2D eigenvalue weighted by molar-refractivity contribution is 6.05. The second-order valence-corrected chi connectivity index (χ2v) is 8.50. The molecule has 4 rings (SSSR count). The Labute approximate surface area is 184 Å². The van der Waals surface area contributed by atoms with Gasteiger partial charge in [-0.15, -0.1) is 0 Å². The molecule has 0 bridgehead atoms. The van der Waals surface area contributed by atoms with E-state index in [-0.39, 0.29) is 11.9 Å². The molecule has 1 aliphatic heterocycles. The molecule has 1 aromatic carbocycles. The molecule has 1 amide bonds. The third kappa shape index (κ3) is 4.48. The second-order valence-electron chi connectivity index (χ2n) is 8.50. The number of alkyl halides is 3. The van der Waals surface area contributed by atoms with Crippen LogP contribution in [0.15, 0.2) is 36.5 Å². The number of fused-ring (bicyclic) bond motifs is 1. The van der Waals surface area contributed by atoms with Crippen molar-refractivity contribution in [3.8, 4) is 0 Å². The number of aromatic nitrogens is 3. The highest BCUT2D eigenvalue weighted by atomic mass is 19.4. The Morgan fingerprint density at radius 3 is 2.50 bits per heavy atom. The molecule has 1 aliphatic rings. The number of carbonyl (C=O) groups excluding carboxylic acids is 1. The van der Waals surface area contributed by atoms with Gasteiger partial charge in [0.25, 0.3) is 5.91 Å². The normalized spacial score (nSPS) is 15.7. The van der Waals surface area contributed by atoms with E-state index in [2.05, 4.69) is 15.0 Å². The summed E-state index contributed by atoms with van der Waals surface area (Å²) >= 11 is 0. The molecule has 3 heterocycles. The number of hydrogen-bond acceptors (Lipinski definition) is 4. The van der Waals surface area contributed by atoms with Crippen molar-refractivity contribution in [2.45, 2.75) is 39.5 Å². The zero-order valence-electron chi connectivity index (χ0n) is 18.4. The van der Waals surface area contributed by atoms with E-state index in [4.69, 9.17) is 0 Å². The molecular weight excluding hydrogens is 419 g/mol. The van der Waals surface area contributed by atoms with Crippen molar-refractivity contribution < 1.29 is 18.0 Å². The topological polar surface area (TPSA) is 54.3 Å². The summed E-state index contributed by atoms with van der Waals surface area (Å²) in [7, 11) is 0. The minimum atomic E-state index is -4.35. The van der Waals surface area contributed by atoms with Gasteiger partial charge < -0.3 is 4.90 Å². The Bertz CT molecular complexity index is 1130. The van der Waals surface area contributed by atoms with Crippen molar-refractivity contribution in [1.29, 1.82) is 0 Å². The molecule has 3 aromatic rings. The van der Waals surface area contributed by atoms with Gasteiger partial charge in [-0.3, -0.25) is 9.69 Å². The van der Waals surface area contributed by atoms with E-state index < -0.39 is 11.7 Å². The van der Waals surface area contributed by atoms with Crippen molar-refractivity contribution in [3.63, 3.8) is 0 Å². The Hall–Kier alpha value is -2.94. The number of rotatable bonds is 4. The molecule has 0 aliphatic carbocycles. The van der Waals surface area contributed by atoms with Crippen LogP contribution in [0.25, 0.3) is 11.0 Å². The maximum absolute atomic E-state index is 13.3. The SMILES string of the molecule is Cc1cc(C(=O)N2CCN(Cc3cccc(C(F)(F)F)c3)CC2)c2cnn(C(C)C)c2n1. The van der Waals surface area contributed by atoms with Gasteiger partial charge in [-0.25, -0.2) is 9.67 Å². The van der Waals surface area contributed by atoms with Gasteiger partial charge >= 0.3 is 6.18 Å². The van der Waals surface area contributed by atoms with Crippen LogP contribution in [0.3, 0.4) is 0 Å². The van der Waals surface area contributed by atoms with E-state index in [0.29, 0.717) is 49.5 Å². The van der Waals surface area contributed by atoms with Crippen LogP contribution in [0, 0.1) is 6.92 Å². The van der Waals surface area contributed by atoms with E-state index in [1.807, 2.05) is 25.5 Å². The van der Waals surface area contributed by atoms with Gasteiger partial charge in [0.05, 0.1) is 22.7 Å². The molecular formula is C23H26F3N5O. The Morgan fingerprint density at radius 2 is 1.84 bits per heavy atom. The van der Waals surface area contributed by atoms with Gasteiger partial charge in [0.15, 0.2) is 5.65 Å². The van der Waals surface area contributed by atoms with Crippen molar-refractivity contribution >= 4 is 16.9 Å². The van der Waals surface area contributed by atoms with Gasteiger partial charge in [0.1, 0.15) is 0 Å². The Kier molecular flexibility index (Phi) is 5.94. The smallest absolute Gasteiger partial charge is 0.336 e. The number of piperazine rings is 1. The predicted octanol–water partition coefficient (Wildman–Crippen LogP) is 4.30. The van der Waals surface area contributed by atoms with Gasteiger partial charge in [0.2, 0.25) is 0 Å². The summed E-state index contributed by atoms with van der Waals surface area (Å²) in [5, 5.41) is 5.14. The maximum Gasteiger partial charge on any atom is 0.416 e. The largest absolute Gasteiger partial charge is 0.416 e. The summed E-state index contributed by atoms with van der Waals surface area (Å²) < 4.78 is 40.7. The molecule has 1 saturated heterocycles. The van der Waals surface area contributed by atoms with E-state index in [1.165, 1.54) is 12.1 Å². The molecule has 170 valence electrons. The number of halogens is 3. The van der Waals surface area contributed by atoms with Crippen molar-refractivity contribution in [2.24, 2.45) is 0 Å². The number of pyridine rings is 1. The van der Waals surface area contributed by atoms with Crippen LogP contribution >= 0.6 is 0 Å². The van der Waals surface area contributed by atoms with Gasteiger partial charge in [-0.1, -0.05) is 18.2 Å². The summed E-state index contributed by atoms with van der Waals surface area (Å²) in [6.45, 7) is 8.54. The third-order valence-corrected chi connectivity index (χ3v) is 5.73. The first-order valence-corrected chi connectivity index (χ1v) is 10.7. The lowest BCUT2D eigenvalue weighted by Crippen LogP contribution is -2.48. The fraction of sp³-hybridized carbons (Fsp3) is 0.435. The minimum absolute atomic E-state index is 0.0671. The number of carbonyl (C=O) groups is 1. The van der Waals surface area contributed by atoms with E-state index in [9.17, 15) is 18.0 Å². The molecule has 6 nitrogen and oxygen atoms in total. The van der Waals surface area contributed by atoms with Crippen molar-refractivity contribution in [2.75, 3.05) is 26.2 Å². The quantitative estimate of drug-likeness (QED) is 0.601. The van der Waals surface area contributed by atoms with E-state index >= 15 is 0 Å². The summed E-state index contributed by atoms with van der Waals surface area (Å²) in [4.78, 5) is 21.7. The van der Waals surface area contributed by atoms with Crippen LogP contribution < -0.4 is 0 Å². The lowest BCUT2D eigenvalue weighted by atomic mass is 10.1. The number of aryl methyl sites for hydroxylation is 1. The monoisotopic (exact) mass is 445 g/mol. The maximum atomic E-state index is 13.3. The molecule has 1 fully saturated rings. The van der Waals surface area contributed by atoms with Crippen molar-refractivity contribution in [1.82, 2.24) is 24.6 Å². The predicted molar refractivity (Wildman–Crippen MR) is 115 cm³/mol. The molecule has 0 saturated carbocycles. The van der Waals surface area contributed by atoms with E-state index in [1.54, 1.807) is 23.2 Å². The molecule has 0 atom stereocenters. The molecule has 2 aromatic heterocycles. The third-order valence-electron chi connectivity index (χ3n) is 5.73. The van der Waals surface area contributed by atoms with Gasteiger partial charge in [-0.2, -0.15) is 18.3 Å². The van der Waals surface area contributed by atoms with Crippen LogP contribution in [0.2, 0.25) is 0 Å². The average molecular weight is 445 g/mol. The number of hydrogen-bond donors (Lipinski definition) is 0.